The number of carbonyl (C=O) groups excluding carboxylic acids is 1. The van der Waals surface area contributed by atoms with Crippen molar-refractivity contribution in [3.8, 4) is 0 Å². The van der Waals surface area contributed by atoms with E-state index < -0.39 is 10.0 Å². The molecule has 0 aromatic carbocycles. The van der Waals surface area contributed by atoms with Crippen molar-refractivity contribution in [2.45, 2.75) is 49.8 Å². The minimum absolute atomic E-state index is 0.0131. The molecule has 3 aromatic rings. The number of rotatable bonds is 6. The third-order valence-corrected chi connectivity index (χ3v) is 9.61. The number of hydrogen-bond donors (Lipinski definition) is 2. The van der Waals surface area contributed by atoms with Crippen LogP contribution in [0.3, 0.4) is 0 Å². The van der Waals surface area contributed by atoms with Gasteiger partial charge in [0.25, 0.3) is 5.56 Å². The summed E-state index contributed by atoms with van der Waals surface area (Å²) in [6, 6.07) is 3.11. The van der Waals surface area contributed by atoms with Crippen LogP contribution >= 0.6 is 22.7 Å². The van der Waals surface area contributed by atoms with E-state index >= 15 is 0 Å². The molecule has 2 N–H and O–H groups in total. The number of nitrogens with zero attached hydrogens (tertiary/aromatic N) is 2. The number of thiophene rings is 2. The topological polar surface area (TPSA) is 112 Å². The van der Waals surface area contributed by atoms with Crippen molar-refractivity contribution in [2.75, 3.05) is 13.1 Å². The maximum absolute atomic E-state index is 12.6. The summed E-state index contributed by atoms with van der Waals surface area (Å²) in [5, 5.41) is 2.36. The number of likely N-dealkylation sites (tertiary alicyclic amines) is 1. The first-order valence-electron chi connectivity index (χ1n) is 10.1. The van der Waals surface area contributed by atoms with Crippen molar-refractivity contribution in [2.24, 2.45) is 0 Å². The Balaban J connectivity index is 1.31. The third kappa shape index (κ3) is 4.74. The lowest BCUT2D eigenvalue weighted by Gasteiger charge is -2.32. The normalized spacial score (nSPS) is 15.6. The second-order valence-electron chi connectivity index (χ2n) is 7.68. The second-order valence-corrected chi connectivity index (χ2v) is 11.8. The van der Waals surface area contributed by atoms with Gasteiger partial charge in [-0.15, -0.1) is 22.7 Å². The Kier molecular flexibility index (Phi) is 6.29. The summed E-state index contributed by atoms with van der Waals surface area (Å²) in [6.45, 7) is 4.89. The Morgan fingerprint density at radius 2 is 2.06 bits per heavy atom. The number of aryl methyl sites for hydroxylation is 3. The van der Waals surface area contributed by atoms with Crippen LogP contribution in [0.15, 0.2) is 26.5 Å². The lowest BCUT2D eigenvalue weighted by molar-refractivity contribution is -0.132. The molecule has 0 bridgehead atoms. The van der Waals surface area contributed by atoms with E-state index in [1.807, 2.05) is 13.8 Å². The number of hydrogen-bond acceptors (Lipinski definition) is 7. The molecule has 31 heavy (non-hydrogen) atoms. The van der Waals surface area contributed by atoms with Crippen LogP contribution in [0.2, 0.25) is 0 Å². The van der Waals surface area contributed by atoms with Crippen LogP contribution in [-0.2, 0) is 21.2 Å². The van der Waals surface area contributed by atoms with Gasteiger partial charge in [0.2, 0.25) is 15.9 Å². The van der Waals surface area contributed by atoms with Gasteiger partial charge >= 0.3 is 0 Å². The number of piperidine rings is 1. The molecular weight excluding hydrogens is 456 g/mol. The zero-order chi connectivity index (χ0) is 22.2. The number of aromatic amines is 1. The van der Waals surface area contributed by atoms with Gasteiger partial charge in [0, 0.05) is 36.9 Å². The lowest BCUT2D eigenvalue weighted by atomic mass is 10.1. The maximum Gasteiger partial charge on any atom is 0.259 e. The van der Waals surface area contributed by atoms with E-state index in [0.717, 1.165) is 10.4 Å². The fraction of sp³-hybridized carbons (Fsp3) is 0.450. The van der Waals surface area contributed by atoms with Gasteiger partial charge in [-0.1, -0.05) is 6.07 Å². The number of aromatic nitrogens is 2. The van der Waals surface area contributed by atoms with Crippen LogP contribution in [0.4, 0.5) is 0 Å². The summed E-state index contributed by atoms with van der Waals surface area (Å²) in [5.41, 5.74) is 0.794. The molecule has 11 heteroatoms. The quantitative estimate of drug-likeness (QED) is 0.563. The molecule has 0 spiro atoms. The minimum Gasteiger partial charge on any atom is -0.343 e. The predicted octanol–water partition coefficient (Wildman–Crippen LogP) is 2.57. The molecule has 1 aliphatic heterocycles. The third-order valence-electron chi connectivity index (χ3n) is 5.59. The monoisotopic (exact) mass is 480 g/mol. The van der Waals surface area contributed by atoms with Gasteiger partial charge in [0.1, 0.15) is 14.9 Å². The van der Waals surface area contributed by atoms with Crippen LogP contribution in [0, 0.1) is 13.8 Å². The highest BCUT2D eigenvalue weighted by atomic mass is 32.2. The number of amides is 1. The smallest absolute Gasteiger partial charge is 0.259 e. The average Bonchev–Trinajstić information content (AvgIpc) is 3.36. The molecule has 0 aliphatic carbocycles. The van der Waals surface area contributed by atoms with E-state index in [1.54, 1.807) is 22.4 Å². The largest absolute Gasteiger partial charge is 0.343 e. The summed E-state index contributed by atoms with van der Waals surface area (Å²) in [4.78, 5) is 35.9. The molecule has 0 atom stereocenters. The summed E-state index contributed by atoms with van der Waals surface area (Å²) in [5.74, 6) is 0.506. The van der Waals surface area contributed by atoms with Crippen molar-refractivity contribution in [1.82, 2.24) is 19.6 Å². The molecule has 8 nitrogen and oxygen atoms in total. The van der Waals surface area contributed by atoms with Crippen molar-refractivity contribution in [1.29, 1.82) is 0 Å². The highest BCUT2D eigenvalue weighted by Crippen LogP contribution is 2.26. The molecule has 4 rings (SSSR count). The SMILES string of the molecule is Cc1sc2nc(CCC(=O)N3CCC(NS(=O)(=O)c4cccs4)CC3)[nH]c(=O)c2c1C. The molecule has 1 amide bonds. The molecule has 1 saturated heterocycles. The highest BCUT2D eigenvalue weighted by molar-refractivity contribution is 7.91. The van der Waals surface area contributed by atoms with Crippen molar-refractivity contribution < 1.29 is 13.2 Å². The Morgan fingerprint density at radius 1 is 1.32 bits per heavy atom. The van der Waals surface area contributed by atoms with E-state index in [2.05, 4.69) is 14.7 Å². The van der Waals surface area contributed by atoms with Crippen LogP contribution in [0.1, 0.15) is 35.5 Å². The minimum atomic E-state index is -3.50. The Hall–Kier alpha value is -2.08. The Bertz CT molecular complexity index is 1250. The number of sulfonamides is 1. The fourth-order valence-corrected chi connectivity index (χ4v) is 7.11. The van der Waals surface area contributed by atoms with Crippen LogP contribution in [0.25, 0.3) is 10.2 Å². The second kappa shape index (κ2) is 8.81. The van der Waals surface area contributed by atoms with Crippen molar-refractivity contribution in [3.63, 3.8) is 0 Å². The van der Waals surface area contributed by atoms with Crippen LogP contribution in [0.5, 0.6) is 0 Å². The molecule has 3 aromatic heterocycles. The van der Waals surface area contributed by atoms with Gasteiger partial charge in [-0.25, -0.2) is 18.1 Å². The van der Waals surface area contributed by atoms with Crippen LogP contribution in [-0.4, -0.2) is 48.3 Å². The van der Waals surface area contributed by atoms with Gasteiger partial charge in [-0.2, -0.15) is 0 Å². The standard InChI is InChI=1S/C20H24N4O4S3/c1-12-13(2)30-20-18(12)19(26)21-15(22-20)5-6-16(25)24-9-7-14(8-10-24)23-31(27,28)17-4-3-11-29-17/h3-4,11,14,23H,5-10H2,1-2H3,(H,21,22,26). The Labute approximate surface area is 188 Å². The average molecular weight is 481 g/mol. The molecule has 1 fully saturated rings. The molecule has 1 aliphatic rings. The molecule has 4 heterocycles. The molecule has 0 saturated carbocycles. The van der Waals surface area contributed by atoms with Gasteiger partial charge in [0.15, 0.2) is 0 Å². The van der Waals surface area contributed by atoms with Crippen molar-refractivity contribution in [3.05, 3.63) is 44.1 Å². The fourth-order valence-electron chi connectivity index (χ4n) is 3.74. The Morgan fingerprint density at radius 3 is 2.74 bits per heavy atom. The summed E-state index contributed by atoms with van der Waals surface area (Å²) < 4.78 is 27.8. The summed E-state index contributed by atoms with van der Waals surface area (Å²) in [6.07, 6.45) is 1.77. The summed E-state index contributed by atoms with van der Waals surface area (Å²) in [7, 11) is -3.50. The first-order valence-corrected chi connectivity index (χ1v) is 13.2. The van der Waals surface area contributed by atoms with Gasteiger partial charge in [-0.05, 0) is 43.7 Å². The van der Waals surface area contributed by atoms with Crippen molar-refractivity contribution >= 4 is 48.8 Å². The zero-order valence-electron chi connectivity index (χ0n) is 17.3. The van der Waals surface area contributed by atoms with E-state index in [0.29, 0.717) is 52.6 Å². The maximum atomic E-state index is 12.6. The van der Waals surface area contributed by atoms with Gasteiger partial charge < -0.3 is 9.88 Å². The number of nitrogens with one attached hydrogen (secondary N) is 2. The predicted molar refractivity (Wildman–Crippen MR) is 122 cm³/mol. The first-order chi connectivity index (χ1) is 14.7. The van der Waals surface area contributed by atoms with E-state index in [-0.39, 0.29) is 23.9 Å². The van der Waals surface area contributed by atoms with E-state index in [9.17, 15) is 18.0 Å². The van der Waals surface area contributed by atoms with E-state index in [4.69, 9.17) is 0 Å². The molecule has 166 valence electrons. The van der Waals surface area contributed by atoms with Gasteiger partial charge in [0.05, 0.1) is 5.39 Å². The van der Waals surface area contributed by atoms with Gasteiger partial charge in [-0.3, -0.25) is 9.59 Å². The lowest BCUT2D eigenvalue weighted by Crippen LogP contribution is -2.46. The summed E-state index contributed by atoms with van der Waals surface area (Å²) >= 11 is 2.68. The number of carbonyl (C=O) groups is 1. The first kappa shape index (κ1) is 22.1. The number of fused-ring (bicyclic) bond motifs is 1. The zero-order valence-corrected chi connectivity index (χ0v) is 19.8. The van der Waals surface area contributed by atoms with E-state index in [1.165, 1.54) is 22.7 Å². The molecule has 0 radical (unpaired) electrons. The molecule has 0 unspecified atom stereocenters. The number of H-pyrrole nitrogens is 1. The van der Waals surface area contributed by atoms with Crippen LogP contribution < -0.4 is 10.3 Å². The highest BCUT2D eigenvalue weighted by Gasteiger charge is 2.27. The molecular formula is C20H24N4O4S3.